The Balaban J connectivity index is 2.55. The molecule has 0 aliphatic carbocycles. The van der Waals surface area contributed by atoms with Gasteiger partial charge < -0.3 is 10.6 Å². The van der Waals surface area contributed by atoms with E-state index >= 15 is 0 Å². The first-order valence-corrected chi connectivity index (χ1v) is 6.77. The highest BCUT2D eigenvalue weighted by atomic mass is 32.2. The van der Waals surface area contributed by atoms with Crippen molar-refractivity contribution in [1.29, 1.82) is 0 Å². The number of amides is 1. The zero-order chi connectivity index (χ0) is 11.4. The van der Waals surface area contributed by atoms with E-state index in [-0.39, 0.29) is 17.2 Å². The van der Waals surface area contributed by atoms with Crippen molar-refractivity contribution in [3.05, 3.63) is 0 Å². The van der Waals surface area contributed by atoms with Gasteiger partial charge in [0.2, 0.25) is 5.91 Å². The van der Waals surface area contributed by atoms with Gasteiger partial charge in [0.05, 0.1) is 5.25 Å². The first-order chi connectivity index (χ1) is 7.06. The van der Waals surface area contributed by atoms with Crippen LogP contribution in [-0.4, -0.2) is 40.9 Å². The Kier molecular flexibility index (Phi) is 4.93. The second-order valence-electron chi connectivity index (χ2n) is 4.45. The summed E-state index contributed by atoms with van der Waals surface area (Å²) in [6.45, 7) is 7.91. The molecule has 1 rings (SSSR count). The minimum atomic E-state index is 0.111. The number of carbonyl (C=O) groups excluding carboxylic acids is 1. The largest absolute Gasteiger partial charge is 0.340 e. The van der Waals surface area contributed by atoms with Crippen LogP contribution in [0.4, 0.5) is 0 Å². The molecule has 0 aromatic heterocycles. The first kappa shape index (κ1) is 12.8. The smallest absolute Gasteiger partial charge is 0.236 e. The second kappa shape index (κ2) is 5.75. The molecule has 1 heterocycles. The molecule has 3 nitrogen and oxygen atoms in total. The molecular formula is C11H22N2OS. The summed E-state index contributed by atoms with van der Waals surface area (Å²) in [6.07, 6.45) is 0.952. The lowest BCUT2D eigenvalue weighted by Crippen LogP contribution is -2.40. The van der Waals surface area contributed by atoms with Gasteiger partial charge in [-0.1, -0.05) is 20.8 Å². The molecule has 88 valence electrons. The number of hydrogen-bond donors (Lipinski definition) is 1. The summed E-state index contributed by atoms with van der Waals surface area (Å²) in [4.78, 5) is 14.1. The lowest BCUT2D eigenvalue weighted by Gasteiger charge is -2.25. The topological polar surface area (TPSA) is 46.3 Å². The third-order valence-electron chi connectivity index (χ3n) is 2.73. The molecule has 0 aromatic rings. The van der Waals surface area contributed by atoms with Crippen LogP contribution in [0.15, 0.2) is 0 Å². The number of likely N-dealkylation sites (tertiary alicyclic amines) is 1. The lowest BCUT2D eigenvalue weighted by molar-refractivity contribution is -0.130. The number of rotatable bonds is 4. The minimum absolute atomic E-state index is 0.111. The van der Waals surface area contributed by atoms with Crippen LogP contribution in [0.1, 0.15) is 27.2 Å². The molecule has 4 heteroatoms. The third-order valence-corrected chi connectivity index (χ3v) is 4.17. The van der Waals surface area contributed by atoms with E-state index in [1.807, 2.05) is 4.90 Å². The predicted molar refractivity (Wildman–Crippen MR) is 65.9 cm³/mol. The highest BCUT2D eigenvalue weighted by molar-refractivity contribution is 8.00. The molecule has 1 amide bonds. The fraction of sp³-hybridized carbons (Fsp3) is 0.909. The quantitative estimate of drug-likeness (QED) is 0.792. The number of carbonyl (C=O) groups is 1. The van der Waals surface area contributed by atoms with Crippen molar-refractivity contribution in [2.24, 2.45) is 11.7 Å². The first-order valence-electron chi connectivity index (χ1n) is 5.72. The Hall–Kier alpha value is -0.220. The average Bonchev–Trinajstić information content (AvgIpc) is 2.59. The Morgan fingerprint density at radius 1 is 1.60 bits per heavy atom. The number of hydrogen-bond acceptors (Lipinski definition) is 3. The fourth-order valence-electron chi connectivity index (χ4n) is 1.90. The van der Waals surface area contributed by atoms with Crippen LogP contribution in [0.3, 0.4) is 0 Å². The highest BCUT2D eigenvalue weighted by Crippen LogP contribution is 2.23. The van der Waals surface area contributed by atoms with Crippen LogP contribution in [0.2, 0.25) is 0 Å². The predicted octanol–water partition coefficient (Wildman–Crippen LogP) is 1.32. The van der Waals surface area contributed by atoms with Crippen LogP contribution in [0.5, 0.6) is 0 Å². The van der Waals surface area contributed by atoms with Gasteiger partial charge in [-0.2, -0.15) is 0 Å². The SMILES string of the molecule is CCSC(C(=O)N1CC[C@@H](N)C1)C(C)C. The maximum atomic E-state index is 12.2. The van der Waals surface area contributed by atoms with Gasteiger partial charge >= 0.3 is 0 Å². The Morgan fingerprint density at radius 3 is 2.67 bits per heavy atom. The van der Waals surface area contributed by atoms with Gasteiger partial charge in [0.15, 0.2) is 0 Å². The normalized spacial score (nSPS) is 23.5. The van der Waals surface area contributed by atoms with Gasteiger partial charge in [-0.05, 0) is 18.1 Å². The van der Waals surface area contributed by atoms with Crippen LogP contribution >= 0.6 is 11.8 Å². The maximum absolute atomic E-state index is 12.2. The van der Waals surface area contributed by atoms with E-state index in [0.29, 0.717) is 5.92 Å². The van der Waals surface area contributed by atoms with Crippen molar-refractivity contribution >= 4 is 17.7 Å². The summed E-state index contributed by atoms with van der Waals surface area (Å²) in [5.74, 6) is 1.68. The van der Waals surface area contributed by atoms with Crippen molar-refractivity contribution < 1.29 is 4.79 Å². The van der Waals surface area contributed by atoms with Gasteiger partial charge in [-0.15, -0.1) is 11.8 Å². The van der Waals surface area contributed by atoms with E-state index in [0.717, 1.165) is 25.3 Å². The van der Waals surface area contributed by atoms with Gasteiger partial charge in [-0.25, -0.2) is 0 Å². The average molecular weight is 230 g/mol. The van der Waals surface area contributed by atoms with Gasteiger partial charge in [0.25, 0.3) is 0 Å². The number of nitrogens with two attached hydrogens (primary N) is 1. The van der Waals surface area contributed by atoms with Crippen molar-refractivity contribution in [2.75, 3.05) is 18.8 Å². The van der Waals surface area contributed by atoms with E-state index in [1.165, 1.54) is 0 Å². The van der Waals surface area contributed by atoms with Crippen molar-refractivity contribution in [3.8, 4) is 0 Å². The van der Waals surface area contributed by atoms with E-state index in [4.69, 9.17) is 5.73 Å². The monoisotopic (exact) mass is 230 g/mol. The molecule has 2 atom stereocenters. The van der Waals surface area contributed by atoms with Crippen molar-refractivity contribution in [2.45, 2.75) is 38.5 Å². The lowest BCUT2D eigenvalue weighted by atomic mass is 10.1. The molecule has 1 aliphatic rings. The number of thioether (sulfide) groups is 1. The van der Waals surface area contributed by atoms with Crippen LogP contribution in [0.25, 0.3) is 0 Å². The second-order valence-corrected chi connectivity index (χ2v) is 5.87. The van der Waals surface area contributed by atoms with Gasteiger partial charge in [0, 0.05) is 19.1 Å². The molecule has 0 bridgehead atoms. The molecule has 1 fully saturated rings. The molecular weight excluding hydrogens is 208 g/mol. The molecule has 1 saturated heterocycles. The maximum Gasteiger partial charge on any atom is 0.236 e. The molecule has 15 heavy (non-hydrogen) atoms. The van der Waals surface area contributed by atoms with Gasteiger partial charge in [-0.3, -0.25) is 4.79 Å². The van der Waals surface area contributed by atoms with Crippen LogP contribution in [-0.2, 0) is 4.79 Å². The molecule has 1 aliphatic heterocycles. The molecule has 0 radical (unpaired) electrons. The third kappa shape index (κ3) is 3.38. The van der Waals surface area contributed by atoms with E-state index in [2.05, 4.69) is 20.8 Å². The number of nitrogens with zero attached hydrogens (tertiary/aromatic N) is 1. The van der Waals surface area contributed by atoms with E-state index in [1.54, 1.807) is 11.8 Å². The summed E-state index contributed by atoms with van der Waals surface area (Å²) >= 11 is 1.75. The molecule has 1 unspecified atom stereocenters. The molecule has 0 spiro atoms. The summed E-state index contributed by atoms with van der Waals surface area (Å²) in [6, 6.07) is 0.188. The minimum Gasteiger partial charge on any atom is -0.340 e. The van der Waals surface area contributed by atoms with Crippen molar-refractivity contribution in [3.63, 3.8) is 0 Å². The Labute approximate surface area is 96.8 Å². The molecule has 2 N–H and O–H groups in total. The van der Waals surface area contributed by atoms with Crippen LogP contribution in [0, 0.1) is 5.92 Å². The summed E-state index contributed by atoms with van der Waals surface area (Å²) < 4.78 is 0. The standard InChI is InChI=1S/C11H22N2OS/c1-4-15-10(8(2)3)11(14)13-6-5-9(12)7-13/h8-10H,4-7,12H2,1-3H3/t9-,10?/m1/s1. The zero-order valence-electron chi connectivity index (χ0n) is 9.90. The van der Waals surface area contributed by atoms with E-state index in [9.17, 15) is 4.79 Å². The van der Waals surface area contributed by atoms with Gasteiger partial charge in [0.1, 0.15) is 0 Å². The molecule has 0 aromatic carbocycles. The van der Waals surface area contributed by atoms with Crippen LogP contribution < -0.4 is 5.73 Å². The van der Waals surface area contributed by atoms with E-state index < -0.39 is 0 Å². The zero-order valence-corrected chi connectivity index (χ0v) is 10.7. The summed E-state index contributed by atoms with van der Waals surface area (Å²) in [5.41, 5.74) is 5.81. The Morgan fingerprint density at radius 2 is 2.27 bits per heavy atom. The summed E-state index contributed by atoms with van der Waals surface area (Å²) in [5, 5.41) is 0.111. The van der Waals surface area contributed by atoms with Crippen molar-refractivity contribution in [1.82, 2.24) is 4.90 Å². The molecule has 0 saturated carbocycles. The fourth-order valence-corrected chi connectivity index (χ4v) is 2.93. The highest BCUT2D eigenvalue weighted by Gasteiger charge is 2.30. The summed E-state index contributed by atoms with van der Waals surface area (Å²) in [7, 11) is 0. The Bertz CT molecular complexity index is 221.